The molecule has 1 aliphatic carbocycles. The first-order chi connectivity index (χ1) is 32.7. The quantitative estimate of drug-likeness (QED) is 0.160. The molecule has 13 rings (SSSR count). The van der Waals surface area contributed by atoms with Crippen molar-refractivity contribution in [2.45, 2.75) is 5.41 Å². The highest BCUT2D eigenvalue weighted by atomic mass is 32.1. The van der Waals surface area contributed by atoms with Gasteiger partial charge < -0.3 is 0 Å². The number of hydrogen-bond acceptors (Lipinski definition) is 4. The van der Waals surface area contributed by atoms with Crippen molar-refractivity contribution in [2.75, 3.05) is 0 Å². The van der Waals surface area contributed by atoms with E-state index >= 15 is 0 Å². The molecule has 0 N–H and O–H groups in total. The SMILES string of the molecule is c1ccc(C2(c3ccccc3)c3ccccc3-c3cc(-c4nc(-c5ccc(-c6cccc7ccccc67)cc5)nc(-c5ccc(-c6cccc7sc8ccccc8c67)cc5)n4)ccc32)cc1. The van der Waals surface area contributed by atoms with Crippen LogP contribution in [-0.4, -0.2) is 15.0 Å². The Labute approximate surface area is 387 Å². The minimum Gasteiger partial charge on any atom is -0.208 e. The van der Waals surface area contributed by atoms with E-state index in [1.807, 2.05) is 11.3 Å². The van der Waals surface area contributed by atoms with Gasteiger partial charge in [0.15, 0.2) is 17.5 Å². The van der Waals surface area contributed by atoms with Gasteiger partial charge in [0.25, 0.3) is 0 Å². The molecule has 0 aliphatic heterocycles. The molecule has 0 atom stereocenters. The van der Waals surface area contributed by atoms with Gasteiger partial charge in [0, 0.05) is 36.9 Å². The number of thiophene rings is 1. The highest BCUT2D eigenvalue weighted by molar-refractivity contribution is 7.25. The number of aromatic nitrogens is 3. The molecule has 0 fully saturated rings. The number of rotatable bonds is 7. The van der Waals surface area contributed by atoms with Crippen LogP contribution < -0.4 is 0 Å². The second-order valence-corrected chi connectivity index (χ2v) is 18.1. The third-order valence-electron chi connectivity index (χ3n) is 13.5. The van der Waals surface area contributed by atoms with Crippen LogP contribution in [0, 0.1) is 0 Å². The molecule has 0 amide bonds. The summed E-state index contributed by atoms with van der Waals surface area (Å²) in [6, 6.07) is 85.2. The van der Waals surface area contributed by atoms with Crippen molar-refractivity contribution in [1.29, 1.82) is 0 Å². The van der Waals surface area contributed by atoms with E-state index in [4.69, 9.17) is 15.0 Å². The van der Waals surface area contributed by atoms with Gasteiger partial charge in [-0.1, -0.05) is 218 Å². The van der Waals surface area contributed by atoms with Crippen LogP contribution in [0.3, 0.4) is 0 Å². The average Bonchev–Trinajstić information content (AvgIpc) is 3.93. The summed E-state index contributed by atoms with van der Waals surface area (Å²) in [5.41, 5.74) is 14.4. The molecule has 10 aromatic carbocycles. The van der Waals surface area contributed by atoms with Gasteiger partial charge in [0.2, 0.25) is 0 Å². The Balaban J connectivity index is 0.966. The second kappa shape index (κ2) is 15.4. The van der Waals surface area contributed by atoms with E-state index in [9.17, 15) is 0 Å². The van der Waals surface area contributed by atoms with Gasteiger partial charge in [-0.3, -0.25) is 0 Å². The van der Waals surface area contributed by atoms with Gasteiger partial charge in [0.05, 0.1) is 5.41 Å². The maximum absolute atomic E-state index is 5.30. The highest BCUT2D eigenvalue weighted by Gasteiger charge is 2.46. The predicted molar refractivity (Wildman–Crippen MR) is 275 cm³/mol. The third kappa shape index (κ3) is 6.07. The standard InChI is InChI=1S/C62H39N3S/c1-3-17-46(18-4-1)62(47-19-5-2-6-20-47)54-26-11-9-22-51(54)53-39-45(37-38-55(53)62)61-64-59(43-33-29-41(30-34-43)49-24-13-16-40-15-7-8-21-48(40)49)63-60(65-61)44-35-31-42(32-36-44)50-25-14-28-57-58(50)52-23-10-12-27-56(52)66-57/h1-39H. The minimum atomic E-state index is -0.490. The van der Waals surface area contributed by atoms with E-state index in [2.05, 4.69) is 237 Å². The zero-order chi connectivity index (χ0) is 43.6. The number of hydrogen-bond donors (Lipinski definition) is 0. The molecule has 4 heteroatoms. The Morgan fingerprint density at radius 3 is 1.48 bits per heavy atom. The van der Waals surface area contributed by atoms with Crippen molar-refractivity contribution in [3.63, 3.8) is 0 Å². The van der Waals surface area contributed by atoms with Crippen molar-refractivity contribution in [3.8, 4) is 67.5 Å². The molecule has 0 bridgehead atoms. The smallest absolute Gasteiger partial charge is 0.164 e. The Morgan fingerprint density at radius 2 is 0.773 bits per heavy atom. The molecule has 1 aliphatic rings. The largest absolute Gasteiger partial charge is 0.208 e. The van der Waals surface area contributed by atoms with Gasteiger partial charge in [0.1, 0.15) is 0 Å². The number of fused-ring (bicyclic) bond motifs is 7. The lowest BCUT2D eigenvalue weighted by Gasteiger charge is -2.33. The van der Waals surface area contributed by atoms with Gasteiger partial charge in [-0.25, -0.2) is 15.0 Å². The van der Waals surface area contributed by atoms with Crippen LogP contribution in [0.4, 0.5) is 0 Å². The van der Waals surface area contributed by atoms with Crippen molar-refractivity contribution in [1.82, 2.24) is 15.0 Å². The first kappa shape index (κ1) is 38.2. The zero-order valence-electron chi connectivity index (χ0n) is 35.8. The topological polar surface area (TPSA) is 38.7 Å². The highest BCUT2D eigenvalue weighted by Crippen LogP contribution is 2.56. The van der Waals surface area contributed by atoms with Crippen molar-refractivity contribution in [3.05, 3.63) is 259 Å². The molecular weight excluding hydrogens is 819 g/mol. The molecule has 0 saturated carbocycles. The fraction of sp³-hybridized carbons (Fsp3) is 0.0161. The minimum absolute atomic E-state index is 0.490. The molecule has 0 unspecified atom stereocenters. The molecule has 12 aromatic rings. The summed E-state index contributed by atoms with van der Waals surface area (Å²) in [6.45, 7) is 0. The van der Waals surface area contributed by atoms with E-state index in [1.165, 1.54) is 75.5 Å². The predicted octanol–water partition coefficient (Wildman–Crippen LogP) is 16.1. The zero-order valence-corrected chi connectivity index (χ0v) is 36.6. The van der Waals surface area contributed by atoms with Crippen LogP contribution in [0.1, 0.15) is 22.3 Å². The van der Waals surface area contributed by atoms with E-state index in [-0.39, 0.29) is 0 Å². The van der Waals surface area contributed by atoms with Crippen LogP contribution in [0.15, 0.2) is 237 Å². The molecule has 66 heavy (non-hydrogen) atoms. The maximum Gasteiger partial charge on any atom is 0.164 e. The monoisotopic (exact) mass is 857 g/mol. The first-order valence-corrected chi connectivity index (χ1v) is 23.2. The Kier molecular flexibility index (Phi) is 8.93. The summed E-state index contributed by atoms with van der Waals surface area (Å²) in [7, 11) is 0. The maximum atomic E-state index is 5.30. The Hall–Kier alpha value is -8.31. The summed E-state index contributed by atoms with van der Waals surface area (Å²) >= 11 is 1.84. The van der Waals surface area contributed by atoms with E-state index in [0.717, 1.165) is 27.8 Å². The van der Waals surface area contributed by atoms with E-state index in [1.54, 1.807) is 0 Å². The normalized spacial score (nSPS) is 12.7. The summed E-state index contributed by atoms with van der Waals surface area (Å²) < 4.78 is 2.59. The second-order valence-electron chi connectivity index (χ2n) is 17.1. The Bertz CT molecular complexity index is 3760. The fourth-order valence-corrected chi connectivity index (χ4v) is 11.6. The molecular formula is C62H39N3S. The fourth-order valence-electron chi connectivity index (χ4n) is 10.4. The summed E-state index contributed by atoms with van der Waals surface area (Å²) in [5, 5.41) is 5.03. The lowest BCUT2D eigenvalue weighted by Crippen LogP contribution is -2.28. The van der Waals surface area contributed by atoms with Crippen molar-refractivity contribution < 1.29 is 0 Å². The van der Waals surface area contributed by atoms with Gasteiger partial charge in [-0.05, 0) is 84.6 Å². The molecule has 2 aromatic heterocycles. The lowest BCUT2D eigenvalue weighted by atomic mass is 9.67. The number of benzene rings is 10. The molecule has 0 spiro atoms. The first-order valence-electron chi connectivity index (χ1n) is 22.4. The van der Waals surface area contributed by atoms with Gasteiger partial charge >= 0.3 is 0 Å². The van der Waals surface area contributed by atoms with Gasteiger partial charge in [-0.2, -0.15) is 0 Å². The molecule has 0 saturated heterocycles. The van der Waals surface area contributed by atoms with Gasteiger partial charge in [-0.15, -0.1) is 11.3 Å². The van der Waals surface area contributed by atoms with Crippen LogP contribution >= 0.6 is 11.3 Å². The average molecular weight is 858 g/mol. The lowest BCUT2D eigenvalue weighted by molar-refractivity contribution is 0.768. The molecule has 2 heterocycles. The summed E-state index contributed by atoms with van der Waals surface area (Å²) in [4.78, 5) is 15.8. The Morgan fingerprint density at radius 1 is 0.303 bits per heavy atom. The van der Waals surface area contributed by atoms with Crippen LogP contribution in [0.2, 0.25) is 0 Å². The molecule has 308 valence electrons. The summed E-state index contributed by atoms with van der Waals surface area (Å²) in [6.07, 6.45) is 0. The van der Waals surface area contributed by atoms with Crippen LogP contribution in [-0.2, 0) is 5.41 Å². The van der Waals surface area contributed by atoms with Crippen LogP contribution in [0.5, 0.6) is 0 Å². The van der Waals surface area contributed by atoms with Crippen LogP contribution in [0.25, 0.3) is 98.5 Å². The van der Waals surface area contributed by atoms with E-state index < -0.39 is 5.41 Å². The number of nitrogens with zero attached hydrogens (tertiary/aromatic N) is 3. The third-order valence-corrected chi connectivity index (χ3v) is 14.6. The van der Waals surface area contributed by atoms with Crippen molar-refractivity contribution in [2.24, 2.45) is 0 Å². The van der Waals surface area contributed by atoms with E-state index in [0.29, 0.717) is 17.5 Å². The van der Waals surface area contributed by atoms with Crippen molar-refractivity contribution >= 4 is 42.3 Å². The summed E-state index contributed by atoms with van der Waals surface area (Å²) in [5.74, 6) is 1.88. The molecule has 3 nitrogen and oxygen atoms in total. The molecule has 0 radical (unpaired) electrons.